The third kappa shape index (κ3) is 2.37. The quantitative estimate of drug-likeness (QED) is 0.476. The van der Waals surface area contributed by atoms with E-state index in [1.165, 1.54) is 0 Å². The summed E-state index contributed by atoms with van der Waals surface area (Å²) in [7, 11) is 0. The topological polar surface area (TPSA) is 20.3 Å². The van der Waals surface area contributed by atoms with Gasteiger partial charge in [0.15, 0.2) is 0 Å². The Bertz CT molecular complexity index is 225. The van der Waals surface area contributed by atoms with E-state index in [0.717, 1.165) is 5.56 Å². The van der Waals surface area contributed by atoms with Gasteiger partial charge >= 0.3 is 0 Å². The second-order valence-electron chi connectivity index (χ2n) is 2.15. The molecule has 1 aromatic rings. The predicted octanol–water partition coefficient (Wildman–Crippen LogP) is 1.53. The van der Waals surface area contributed by atoms with Crippen molar-refractivity contribution in [2.45, 2.75) is 6.54 Å². The molecule has 1 rings (SSSR count). The number of nitrogens with zero attached hydrogens (tertiary/aromatic N) is 1. The molecule has 0 heterocycles. The highest BCUT2D eigenvalue weighted by Gasteiger charge is 1.97. The molecule has 1 aromatic carbocycles. The summed E-state index contributed by atoms with van der Waals surface area (Å²) in [5, 5.41) is 0.106. The molecule has 0 spiro atoms. The van der Waals surface area contributed by atoms with Crippen LogP contribution in [0.4, 0.5) is 4.48 Å². The minimum absolute atomic E-state index is 0.0182. The van der Waals surface area contributed by atoms with Gasteiger partial charge in [-0.15, -0.1) is 0 Å². The summed E-state index contributed by atoms with van der Waals surface area (Å²) in [6.07, 6.45) is 0.160. The first-order chi connectivity index (χ1) is 5.33. The van der Waals surface area contributed by atoms with E-state index in [2.05, 4.69) is 0 Å². The van der Waals surface area contributed by atoms with Gasteiger partial charge in [0.1, 0.15) is 0 Å². The normalized spacial score (nSPS) is 9.18. The van der Waals surface area contributed by atoms with Crippen LogP contribution in [-0.2, 0) is 11.3 Å². The molecule has 0 aliphatic heterocycles. The van der Waals surface area contributed by atoms with Gasteiger partial charge in [-0.2, -0.15) is 5.12 Å². The monoisotopic (exact) mass is 153 g/mol. The lowest BCUT2D eigenvalue weighted by Crippen LogP contribution is -2.09. The highest BCUT2D eigenvalue weighted by Crippen LogP contribution is 2.01. The Labute approximate surface area is 64.2 Å². The van der Waals surface area contributed by atoms with E-state index in [1.54, 1.807) is 24.3 Å². The van der Waals surface area contributed by atoms with Crippen LogP contribution in [0, 0.1) is 0 Å². The second-order valence-corrected chi connectivity index (χ2v) is 2.15. The minimum atomic E-state index is 0.0182. The number of hydrogen-bond donors (Lipinski definition) is 0. The molecule has 0 bridgehead atoms. The first-order valence-electron chi connectivity index (χ1n) is 3.24. The lowest BCUT2D eigenvalue weighted by Gasteiger charge is -2.03. The number of carbonyl (C=O) groups excluding carboxylic acids is 1. The summed E-state index contributed by atoms with van der Waals surface area (Å²) >= 11 is 0. The van der Waals surface area contributed by atoms with E-state index < -0.39 is 0 Å². The fourth-order valence-corrected chi connectivity index (χ4v) is 0.795. The summed E-state index contributed by atoms with van der Waals surface area (Å²) in [5.41, 5.74) is 0.780. The van der Waals surface area contributed by atoms with Crippen molar-refractivity contribution in [3.05, 3.63) is 35.9 Å². The number of amides is 1. The van der Waals surface area contributed by atoms with Crippen LogP contribution in [0.5, 0.6) is 0 Å². The van der Waals surface area contributed by atoms with Crippen molar-refractivity contribution in [1.29, 1.82) is 0 Å². The molecule has 0 saturated carbocycles. The van der Waals surface area contributed by atoms with E-state index in [-0.39, 0.29) is 18.1 Å². The highest BCUT2D eigenvalue weighted by atomic mass is 19.2. The Hall–Kier alpha value is -1.38. The molecule has 0 aromatic heterocycles. The average Bonchev–Trinajstić information content (AvgIpc) is 2.06. The Morgan fingerprint density at radius 2 is 2.00 bits per heavy atom. The standard InChI is InChI=1S/C8H8FNO/c9-10(7-11)6-8-4-2-1-3-5-8/h1-5,7H,6H2. The Kier molecular flexibility index (Phi) is 2.60. The third-order valence-corrected chi connectivity index (χ3v) is 1.29. The van der Waals surface area contributed by atoms with Gasteiger partial charge in [0.05, 0.1) is 6.54 Å². The Morgan fingerprint density at radius 1 is 1.36 bits per heavy atom. The molecule has 0 atom stereocenters. The lowest BCUT2D eigenvalue weighted by atomic mass is 10.2. The molecule has 0 N–H and O–H groups in total. The van der Waals surface area contributed by atoms with E-state index in [0.29, 0.717) is 0 Å². The molecule has 2 nitrogen and oxygen atoms in total. The molecule has 0 fully saturated rings. The summed E-state index contributed by atoms with van der Waals surface area (Å²) in [5.74, 6) is 0. The zero-order chi connectivity index (χ0) is 8.10. The maximum Gasteiger partial charge on any atom is 0.237 e. The molecule has 0 unspecified atom stereocenters. The van der Waals surface area contributed by atoms with Crippen LogP contribution in [0.25, 0.3) is 0 Å². The smallest absolute Gasteiger partial charge is 0.237 e. The maximum atomic E-state index is 12.3. The average molecular weight is 153 g/mol. The largest absolute Gasteiger partial charge is 0.276 e. The lowest BCUT2D eigenvalue weighted by molar-refractivity contribution is -0.132. The molecule has 0 aliphatic carbocycles. The predicted molar refractivity (Wildman–Crippen MR) is 39.2 cm³/mol. The van der Waals surface area contributed by atoms with E-state index in [1.807, 2.05) is 6.07 Å². The first-order valence-corrected chi connectivity index (χ1v) is 3.24. The second kappa shape index (κ2) is 3.71. The van der Waals surface area contributed by atoms with Crippen LogP contribution in [0.15, 0.2) is 30.3 Å². The van der Waals surface area contributed by atoms with E-state index in [4.69, 9.17) is 0 Å². The molecule has 0 radical (unpaired) electrons. The van der Waals surface area contributed by atoms with Crippen LogP contribution in [-0.4, -0.2) is 11.5 Å². The van der Waals surface area contributed by atoms with Crippen LogP contribution in [0.1, 0.15) is 5.56 Å². The van der Waals surface area contributed by atoms with Gasteiger partial charge in [0, 0.05) is 0 Å². The fraction of sp³-hybridized carbons (Fsp3) is 0.125. The van der Waals surface area contributed by atoms with Gasteiger partial charge < -0.3 is 0 Å². The summed E-state index contributed by atoms with van der Waals surface area (Å²) in [4.78, 5) is 9.86. The maximum absolute atomic E-state index is 12.3. The summed E-state index contributed by atoms with van der Waals surface area (Å²) in [6, 6.07) is 8.96. The number of halogens is 1. The first kappa shape index (κ1) is 7.72. The molecule has 1 amide bonds. The Morgan fingerprint density at radius 3 is 2.55 bits per heavy atom. The van der Waals surface area contributed by atoms with Crippen molar-refractivity contribution in [2.24, 2.45) is 0 Å². The molecular formula is C8H8FNO. The van der Waals surface area contributed by atoms with Crippen LogP contribution < -0.4 is 0 Å². The number of rotatable bonds is 3. The third-order valence-electron chi connectivity index (χ3n) is 1.29. The van der Waals surface area contributed by atoms with Crippen molar-refractivity contribution in [1.82, 2.24) is 5.12 Å². The zero-order valence-electron chi connectivity index (χ0n) is 5.90. The highest BCUT2D eigenvalue weighted by molar-refractivity contribution is 5.45. The van der Waals surface area contributed by atoms with Crippen LogP contribution >= 0.6 is 0 Å². The van der Waals surface area contributed by atoms with E-state index >= 15 is 0 Å². The number of hydrogen-bond acceptors (Lipinski definition) is 1. The SMILES string of the molecule is O=CN(F)Cc1ccccc1. The van der Waals surface area contributed by atoms with Gasteiger partial charge in [-0.05, 0) is 5.56 Å². The molecule has 3 heteroatoms. The van der Waals surface area contributed by atoms with Crippen LogP contribution in [0.3, 0.4) is 0 Å². The van der Waals surface area contributed by atoms with Crippen molar-refractivity contribution >= 4 is 6.41 Å². The molecule has 0 saturated heterocycles. The van der Waals surface area contributed by atoms with Gasteiger partial charge in [-0.1, -0.05) is 34.8 Å². The van der Waals surface area contributed by atoms with Crippen molar-refractivity contribution < 1.29 is 9.28 Å². The molecule has 11 heavy (non-hydrogen) atoms. The van der Waals surface area contributed by atoms with Gasteiger partial charge in [0.2, 0.25) is 6.41 Å². The molecule has 0 aliphatic rings. The molecular weight excluding hydrogens is 145 g/mol. The van der Waals surface area contributed by atoms with E-state index in [9.17, 15) is 9.28 Å². The van der Waals surface area contributed by atoms with Crippen molar-refractivity contribution in [3.63, 3.8) is 0 Å². The van der Waals surface area contributed by atoms with Crippen molar-refractivity contribution in [3.8, 4) is 0 Å². The van der Waals surface area contributed by atoms with Gasteiger partial charge in [-0.3, -0.25) is 4.79 Å². The van der Waals surface area contributed by atoms with Gasteiger partial charge in [-0.25, -0.2) is 0 Å². The number of benzene rings is 1. The van der Waals surface area contributed by atoms with Crippen molar-refractivity contribution in [2.75, 3.05) is 0 Å². The summed E-state index contributed by atoms with van der Waals surface area (Å²) in [6.45, 7) is 0.0182. The zero-order valence-corrected chi connectivity index (χ0v) is 5.90. The molecule has 58 valence electrons. The van der Waals surface area contributed by atoms with Gasteiger partial charge in [0.25, 0.3) is 0 Å². The Balaban J connectivity index is 2.57. The fourth-order valence-electron chi connectivity index (χ4n) is 0.795. The minimum Gasteiger partial charge on any atom is -0.276 e. The summed E-state index contributed by atoms with van der Waals surface area (Å²) < 4.78 is 12.3. The number of carbonyl (C=O) groups is 1. The van der Waals surface area contributed by atoms with Crippen LogP contribution in [0.2, 0.25) is 0 Å².